The molecule has 0 saturated carbocycles. The van der Waals surface area contributed by atoms with Crippen molar-refractivity contribution in [3.63, 3.8) is 0 Å². The van der Waals surface area contributed by atoms with Gasteiger partial charge in [-0.25, -0.2) is 0 Å². The Morgan fingerprint density at radius 3 is 1.02 bits per heavy atom. The van der Waals surface area contributed by atoms with Crippen LogP contribution in [0.25, 0.3) is 0 Å². The summed E-state index contributed by atoms with van der Waals surface area (Å²) < 4.78 is 0. The summed E-state index contributed by atoms with van der Waals surface area (Å²) in [6.07, 6.45) is 14.7. The Morgan fingerprint density at radius 1 is 0.381 bits per heavy atom. The molecule has 0 aromatic heterocycles. The second-order valence-corrected chi connectivity index (χ2v) is 9.94. The van der Waals surface area contributed by atoms with Crippen LogP contribution >= 0.6 is 0 Å². The summed E-state index contributed by atoms with van der Waals surface area (Å²) in [4.78, 5) is 0. The fraction of sp³-hybridized carbons (Fsp3) is 0.190. The number of aryl methyl sites for hydroxylation is 4. The normalized spacial score (nSPS) is 9.67. The first-order valence-corrected chi connectivity index (χ1v) is 14.5. The highest BCUT2D eigenvalue weighted by Gasteiger charge is 2.04. The van der Waals surface area contributed by atoms with Crippen molar-refractivity contribution in [1.82, 2.24) is 0 Å². The van der Waals surface area contributed by atoms with Crippen LogP contribution in [0.15, 0.2) is 72.8 Å². The molecule has 0 radical (unpaired) electrons. The van der Waals surface area contributed by atoms with Crippen LogP contribution in [-0.2, 0) is 25.7 Å². The van der Waals surface area contributed by atoms with E-state index in [2.05, 4.69) is 111 Å². The molecule has 0 bridgehead atoms. The Balaban J connectivity index is 1.56. The third kappa shape index (κ3) is 7.25. The van der Waals surface area contributed by atoms with Crippen molar-refractivity contribution in [2.45, 2.75) is 53.4 Å². The molecule has 202 valence electrons. The van der Waals surface area contributed by atoms with Gasteiger partial charge in [-0.2, -0.15) is 0 Å². The van der Waals surface area contributed by atoms with E-state index in [4.69, 9.17) is 12.8 Å². The maximum Gasteiger partial charge on any atom is 0.0281 e. The molecular weight excluding hydrogens is 504 g/mol. The van der Waals surface area contributed by atoms with Gasteiger partial charge < -0.3 is 0 Å². The largest absolute Gasteiger partial charge is 0.115 e. The van der Waals surface area contributed by atoms with Gasteiger partial charge in [0.05, 0.1) is 0 Å². The minimum Gasteiger partial charge on any atom is -0.115 e. The van der Waals surface area contributed by atoms with Crippen molar-refractivity contribution in [2.24, 2.45) is 0 Å². The molecule has 0 heteroatoms. The topological polar surface area (TPSA) is 0 Å². The predicted octanol–water partition coefficient (Wildman–Crippen LogP) is 8.10. The van der Waals surface area contributed by atoms with E-state index in [0.29, 0.717) is 0 Å². The van der Waals surface area contributed by atoms with Crippen LogP contribution in [0.4, 0.5) is 0 Å². The van der Waals surface area contributed by atoms with Gasteiger partial charge in [0, 0.05) is 44.5 Å². The van der Waals surface area contributed by atoms with Gasteiger partial charge in [-0.05, 0) is 121 Å². The van der Waals surface area contributed by atoms with Gasteiger partial charge in [-0.3, -0.25) is 0 Å². The van der Waals surface area contributed by atoms with Crippen LogP contribution in [0.1, 0.15) is 94.5 Å². The monoisotopic (exact) mass is 538 g/mol. The summed E-state index contributed by atoms with van der Waals surface area (Å²) in [5, 5.41) is 0. The summed E-state index contributed by atoms with van der Waals surface area (Å²) >= 11 is 0. The minimum absolute atomic E-state index is 0.882. The fourth-order valence-electron chi connectivity index (χ4n) is 4.79. The van der Waals surface area contributed by atoms with E-state index in [1.165, 1.54) is 16.7 Å². The molecule has 0 N–H and O–H groups in total. The number of rotatable bonds is 4. The average Bonchev–Trinajstić information content (AvgIpc) is 3.05. The molecule has 0 amide bonds. The smallest absolute Gasteiger partial charge is 0.0281 e. The summed E-state index contributed by atoms with van der Waals surface area (Å²) in [6, 6.07) is 24.6. The molecular formula is C42H34. The van der Waals surface area contributed by atoms with Gasteiger partial charge in [0.15, 0.2) is 0 Å². The van der Waals surface area contributed by atoms with E-state index in [1.54, 1.807) is 0 Å². The Hall–Kier alpha value is -5.32. The van der Waals surface area contributed by atoms with Gasteiger partial charge >= 0.3 is 0 Å². The number of hydrogen-bond donors (Lipinski definition) is 0. The molecule has 0 fully saturated rings. The third-order valence-electron chi connectivity index (χ3n) is 7.29. The molecule has 0 aliphatic rings. The van der Waals surface area contributed by atoms with Gasteiger partial charge in [-0.1, -0.05) is 75.1 Å². The van der Waals surface area contributed by atoms with E-state index in [9.17, 15) is 0 Å². The summed E-state index contributed by atoms with van der Waals surface area (Å²) in [5.74, 6) is 25.6. The molecule has 0 saturated heterocycles. The van der Waals surface area contributed by atoms with Crippen LogP contribution in [0.3, 0.4) is 0 Å². The molecule has 42 heavy (non-hydrogen) atoms. The average molecular weight is 539 g/mol. The maximum absolute atomic E-state index is 5.62. The molecule has 4 aromatic carbocycles. The number of terminal acetylenes is 2. The van der Waals surface area contributed by atoms with Crippen molar-refractivity contribution in [3.05, 3.63) is 140 Å². The summed E-state index contributed by atoms with van der Waals surface area (Å²) in [5.41, 5.74) is 12.5. The quantitative estimate of drug-likeness (QED) is 0.230. The highest BCUT2D eigenvalue weighted by molar-refractivity contribution is 5.56. The SMILES string of the molecule is C#Cc1ccc(C#Cc2ccc(C#Cc3ccc(C#Cc4ccc(C#C)c(CC)c4)c(CC)c3)c(CC)c2)c(CC)c1. The van der Waals surface area contributed by atoms with Crippen LogP contribution in [0, 0.1) is 60.2 Å². The highest BCUT2D eigenvalue weighted by atomic mass is 14.1. The lowest BCUT2D eigenvalue weighted by Gasteiger charge is -2.04. The van der Waals surface area contributed by atoms with Crippen LogP contribution in [0.2, 0.25) is 0 Å². The van der Waals surface area contributed by atoms with Crippen molar-refractivity contribution in [2.75, 3.05) is 0 Å². The lowest BCUT2D eigenvalue weighted by Crippen LogP contribution is -1.92. The maximum atomic E-state index is 5.62. The molecule has 0 heterocycles. The predicted molar refractivity (Wildman–Crippen MR) is 177 cm³/mol. The zero-order valence-corrected chi connectivity index (χ0v) is 24.9. The summed E-state index contributed by atoms with van der Waals surface area (Å²) in [6.45, 7) is 8.53. The van der Waals surface area contributed by atoms with Crippen LogP contribution < -0.4 is 0 Å². The molecule has 4 rings (SSSR count). The van der Waals surface area contributed by atoms with E-state index < -0.39 is 0 Å². The lowest BCUT2D eigenvalue weighted by atomic mass is 9.99. The Morgan fingerprint density at radius 2 is 0.690 bits per heavy atom. The van der Waals surface area contributed by atoms with E-state index in [1.807, 2.05) is 36.4 Å². The number of benzene rings is 4. The molecule has 0 atom stereocenters. The van der Waals surface area contributed by atoms with Gasteiger partial charge in [0.1, 0.15) is 0 Å². The first-order chi connectivity index (χ1) is 20.5. The zero-order chi connectivity index (χ0) is 29.9. The zero-order valence-electron chi connectivity index (χ0n) is 24.9. The van der Waals surface area contributed by atoms with Crippen LogP contribution in [0.5, 0.6) is 0 Å². The molecule has 4 aromatic rings. The second-order valence-electron chi connectivity index (χ2n) is 9.94. The summed E-state index contributed by atoms with van der Waals surface area (Å²) in [7, 11) is 0. The van der Waals surface area contributed by atoms with Gasteiger partial charge in [0.2, 0.25) is 0 Å². The van der Waals surface area contributed by atoms with E-state index in [-0.39, 0.29) is 0 Å². The first-order valence-electron chi connectivity index (χ1n) is 14.5. The van der Waals surface area contributed by atoms with Crippen molar-refractivity contribution in [1.29, 1.82) is 0 Å². The second kappa shape index (κ2) is 14.4. The Labute approximate surface area is 252 Å². The Kier molecular flexibility index (Phi) is 10.1. The molecule has 0 unspecified atom stereocenters. The fourth-order valence-corrected chi connectivity index (χ4v) is 4.79. The standard InChI is InChI=1S/C42H34/c1-7-31-13-21-40(37(10-4)27-31)22-16-33-17-25-42(39(12-6)29-33)26-19-34-18-24-41(38(11-5)30-34)23-15-32-14-20-35(8-2)36(9-3)28-32/h1-2,13-14,17-18,20-21,24-25,27-30H,9-12H2,3-6H3. The molecule has 0 nitrogen and oxygen atoms in total. The van der Waals surface area contributed by atoms with Gasteiger partial charge in [0.25, 0.3) is 0 Å². The third-order valence-corrected chi connectivity index (χ3v) is 7.29. The Bertz CT molecular complexity index is 1900. The minimum atomic E-state index is 0.882. The van der Waals surface area contributed by atoms with Crippen molar-refractivity contribution in [3.8, 4) is 60.2 Å². The lowest BCUT2D eigenvalue weighted by molar-refractivity contribution is 1.13. The first kappa shape index (κ1) is 29.7. The molecule has 0 spiro atoms. The molecule has 0 aliphatic carbocycles. The van der Waals surface area contributed by atoms with Crippen molar-refractivity contribution < 1.29 is 0 Å². The van der Waals surface area contributed by atoms with E-state index in [0.717, 1.165) is 75.8 Å². The van der Waals surface area contributed by atoms with Crippen LogP contribution in [-0.4, -0.2) is 0 Å². The highest BCUT2D eigenvalue weighted by Crippen LogP contribution is 2.17. The van der Waals surface area contributed by atoms with E-state index >= 15 is 0 Å². The van der Waals surface area contributed by atoms with Crippen molar-refractivity contribution >= 4 is 0 Å². The van der Waals surface area contributed by atoms with Gasteiger partial charge in [-0.15, -0.1) is 12.8 Å². The number of hydrogen-bond acceptors (Lipinski definition) is 0. The molecule has 0 aliphatic heterocycles.